The van der Waals surface area contributed by atoms with E-state index in [0.29, 0.717) is 43.8 Å². The molecule has 1 N–H and O–H groups in total. The number of carbonyl (C=O) groups excluding carboxylic acids is 2. The van der Waals surface area contributed by atoms with Gasteiger partial charge >= 0.3 is 0 Å². The first-order valence-electron chi connectivity index (χ1n) is 12.2. The fourth-order valence-electron chi connectivity index (χ4n) is 5.11. The van der Waals surface area contributed by atoms with Gasteiger partial charge in [-0.1, -0.05) is 23.7 Å². The number of halogens is 1. The Morgan fingerprint density at radius 3 is 2.50 bits per heavy atom. The van der Waals surface area contributed by atoms with Crippen LogP contribution in [-0.4, -0.2) is 86.2 Å². The summed E-state index contributed by atoms with van der Waals surface area (Å²) in [5, 5.41) is 12.6. The van der Waals surface area contributed by atoms with E-state index in [0.717, 1.165) is 5.56 Å². The highest BCUT2D eigenvalue weighted by atomic mass is 35.5. The number of ether oxygens (including phenoxy) is 1. The lowest BCUT2D eigenvalue weighted by atomic mass is 9.97. The molecule has 1 aromatic carbocycles. The van der Waals surface area contributed by atoms with Crippen LogP contribution in [0.2, 0.25) is 5.02 Å². The van der Waals surface area contributed by atoms with Gasteiger partial charge in [-0.2, -0.15) is 22.3 Å². The first-order chi connectivity index (χ1) is 17.2. The summed E-state index contributed by atoms with van der Waals surface area (Å²) in [6, 6.07) is 8.25. The third-order valence-corrected chi connectivity index (χ3v) is 9.36. The van der Waals surface area contributed by atoms with Crippen molar-refractivity contribution in [3.8, 4) is 6.07 Å². The molecule has 2 amide bonds. The maximum atomic E-state index is 13.5. The molecule has 3 fully saturated rings. The van der Waals surface area contributed by atoms with E-state index in [4.69, 9.17) is 21.6 Å². The SMILES string of the molecule is COC[C@@H](NC(=O)[C@H]1CCCN1C(=O)[C@H]1CCCN(S(=O)(=O)N2CC(C#N)C2)C1)c1ccc(Cl)cc1. The van der Waals surface area contributed by atoms with Crippen LogP contribution in [0.15, 0.2) is 24.3 Å². The zero-order chi connectivity index (χ0) is 25.9. The molecule has 0 unspecified atom stereocenters. The highest BCUT2D eigenvalue weighted by Crippen LogP contribution is 2.29. The number of methoxy groups -OCH3 is 1. The van der Waals surface area contributed by atoms with Crippen LogP contribution in [0, 0.1) is 23.2 Å². The van der Waals surface area contributed by atoms with E-state index in [9.17, 15) is 18.0 Å². The fraction of sp³-hybridized carbons (Fsp3) is 0.625. The van der Waals surface area contributed by atoms with E-state index in [1.54, 1.807) is 24.1 Å². The second-order valence-electron chi connectivity index (χ2n) is 9.61. The predicted molar refractivity (Wildman–Crippen MR) is 133 cm³/mol. The average molecular weight is 538 g/mol. The van der Waals surface area contributed by atoms with E-state index in [2.05, 4.69) is 11.4 Å². The molecule has 3 aliphatic heterocycles. The highest BCUT2D eigenvalue weighted by molar-refractivity contribution is 7.86. The molecule has 12 heteroatoms. The summed E-state index contributed by atoms with van der Waals surface area (Å²) in [4.78, 5) is 28.4. The Bertz CT molecular complexity index is 1100. The zero-order valence-corrected chi connectivity index (χ0v) is 21.9. The molecule has 0 radical (unpaired) electrons. The van der Waals surface area contributed by atoms with Crippen LogP contribution in [0.3, 0.4) is 0 Å². The van der Waals surface area contributed by atoms with Crippen molar-refractivity contribution in [1.82, 2.24) is 18.8 Å². The molecule has 0 bridgehead atoms. The molecule has 3 atom stereocenters. The Morgan fingerprint density at radius 1 is 1.14 bits per heavy atom. The molecule has 196 valence electrons. The zero-order valence-electron chi connectivity index (χ0n) is 20.3. The molecular formula is C24H32ClN5O5S. The second-order valence-corrected chi connectivity index (χ2v) is 12.0. The van der Waals surface area contributed by atoms with Crippen LogP contribution in [-0.2, 0) is 24.5 Å². The summed E-state index contributed by atoms with van der Waals surface area (Å²) in [5.41, 5.74) is 0.850. The Morgan fingerprint density at radius 2 is 1.83 bits per heavy atom. The molecule has 3 saturated heterocycles. The van der Waals surface area contributed by atoms with Crippen LogP contribution < -0.4 is 5.32 Å². The minimum absolute atomic E-state index is 0.0940. The van der Waals surface area contributed by atoms with Gasteiger partial charge in [-0.25, -0.2) is 0 Å². The molecular weight excluding hydrogens is 506 g/mol. The Kier molecular flexibility index (Phi) is 8.52. The number of likely N-dealkylation sites (tertiary alicyclic amines) is 1. The van der Waals surface area contributed by atoms with E-state index in [-0.39, 0.29) is 50.0 Å². The van der Waals surface area contributed by atoms with Gasteiger partial charge in [0.05, 0.1) is 30.6 Å². The van der Waals surface area contributed by atoms with Crippen molar-refractivity contribution in [2.45, 2.75) is 37.8 Å². The lowest BCUT2D eigenvalue weighted by Gasteiger charge is -2.41. The molecule has 36 heavy (non-hydrogen) atoms. The molecule has 0 aromatic heterocycles. The first-order valence-corrected chi connectivity index (χ1v) is 14.0. The normalized spacial score (nSPS) is 24.6. The summed E-state index contributed by atoms with van der Waals surface area (Å²) in [6.45, 7) is 1.57. The third kappa shape index (κ3) is 5.68. The number of amides is 2. The van der Waals surface area contributed by atoms with E-state index >= 15 is 0 Å². The smallest absolute Gasteiger partial charge is 0.282 e. The van der Waals surface area contributed by atoms with Gasteiger partial charge in [0.25, 0.3) is 10.2 Å². The molecule has 0 spiro atoms. The van der Waals surface area contributed by atoms with Gasteiger partial charge in [0, 0.05) is 44.9 Å². The first kappa shape index (κ1) is 26.8. The van der Waals surface area contributed by atoms with Crippen molar-refractivity contribution in [3.63, 3.8) is 0 Å². The van der Waals surface area contributed by atoms with Crippen molar-refractivity contribution >= 4 is 33.6 Å². The van der Waals surface area contributed by atoms with Gasteiger partial charge in [-0.15, -0.1) is 0 Å². The number of hydrogen-bond donors (Lipinski definition) is 1. The topological polar surface area (TPSA) is 123 Å². The second kappa shape index (κ2) is 11.4. The molecule has 0 saturated carbocycles. The number of nitrogens with zero attached hydrogens (tertiary/aromatic N) is 4. The Labute approximate surface area is 217 Å². The summed E-state index contributed by atoms with van der Waals surface area (Å²) in [6.07, 6.45) is 2.41. The van der Waals surface area contributed by atoms with Crippen LogP contribution in [0.5, 0.6) is 0 Å². The largest absolute Gasteiger partial charge is 0.382 e. The van der Waals surface area contributed by atoms with Gasteiger partial charge in [-0.05, 0) is 43.4 Å². The number of piperidine rings is 1. The summed E-state index contributed by atoms with van der Waals surface area (Å²) >= 11 is 5.99. The maximum absolute atomic E-state index is 13.5. The monoisotopic (exact) mass is 537 g/mol. The predicted octanol–water partition coefficient (Wildman–Crippen LogP) is 1.55. The van der Waals surface area contributed by atoms with Crippen LogP contribution in [0.4, 0.5) is 0 Å². The summed E-state index contributed by atoms with van der Waals surface area (Å²) in [5.74, 6) is -1.20. The minimum Gasteiger partial charge on any atom is -0.382 e. The number of nitriles is 1. The Hall–Kier alpha value is -2.23. The van der Waals surface area contributed by atoms with Gasteiger partial charge < -0.3 is 15.0 Å². The number of hydrogen-bond acceptors (Lipinski definition) is 6. The van der Waals surface area contributed by atoms with Crippen LogP contribution in [0.25, 0.3) is 0 Å². The van der Waals surface area contributed by atoms with Crippen molar-refractivity contribution in [2.24, 2.45) is 11.8 Å². The average Bonchev–Trinajstić information content (AvgIpc) is 3.33. The van der Waals surface area contributed by atoms with Gasteiger partial charge in [-0.3, -0.25) is 9.59 Å². The minimum atomic E-state index is -3.70. The van der Waals surface area contributed by atoms with Crippen molar-refractivity contribution < 1.29 is 22.7 Å². The molecule has 4 rings (SSSR count). The standard InChI is InChI=1S/C24H32ClN5O5S/c1-35-16-21(18-6-8-20(25)9-7-18)27-23(31)22-5-3-11-30(22)24(32)19-4-2-10-28(15-19)36(33,34)29-13-17(12-26)14-29/h6-9,17,19,21-22H,2-5,10-11,13-16H2,1H3,(H,27,31)/t19-,21+,22+/m0/s1. The maximum Gasteiger partial charge on any atom is 0.282 e. The number of benzene rings is 1. The number of carbonyl (C=O) groups is 2. The summed E-state index contributed by atoms with van der Waals surface area (Å²) in [7, 11) is -2.14. The number of rotatable bonds is 8. The molecule has 10 nitrogen and oxygen atoms in total. The highest BCUT2D eigenvalue weighted by Gasteiger charge is 2.44. The molecule has 3 heterocycles. The lowest BCUT2D eigenvalue weighted by Crippen LogP contribution is -2.57. The molecule has 0 aliphatic carbocycles. The van der Waals surface area contributed by atoms with Gasteiger partial charge in [0.2, 0.25) is 11.8 Å². The van der Waals surface area contributed by atoms with Crippen molar-refractivity contribution in [3.05, 3.63) is 34.9 Å². The summed E-state index contributed by atoms with van der Waals surface area (Å²) < 4.78 is 33.9. The third-order valence-electron chi connectivity index (χ3n) is 7.18. The van der Waals surface area contributed by atoms with E-state index in [1.165, 1.54) is 8.61 Å². The fourth-order valence-corrected chi connectivity index (χ4v) is 7.03. The van der Waals surface area contributed by atoms with E-state index < -0.39 is 22.2 Å². The van der Waals surface area contributed by atoms with Gasteiger partial charge in [0.1, 0.15) is 6.04 Å². The van der Waals surface area contributed by atoms with E-state index in [1.807, 2.05) is 12.1 Å². The molecule has 1 aromatic rings. The quantitative estimate of drug-likeness (QED) is 0.536. The van der Waals surface area contributed by atoms with Crippen molar-refractivity contribution in [1.29, 1.82) is 5.26 Å². The van der Waals surface area contributed by atoms with Crippen molar-refractivity contribution in [2.75, 3.05) is 46.4 Å². The van der Waals surface area contributed by atoms with Crippen LogP contribution in [0.1, 0.15) is 37.3 Å². The van der Waals surface area contributed by atoms with Crippen LogP contribution >= 0.6 is 11.6 Å². The Balaban J connectivity index is 1.40. The molecule has 3 aliphatic rings. The lowest BCUT2D eigenvalue weighted by molar-refractivity contribution is -0.142. The van der Waals surface area contributed by atoms with Gasteiger partial charge in [0.15, 0.2) is 0 Å². The number of nitrogens with one attached hydrogen (secondary N) is 1.